The minimum atomic E-state index is 0.403. The molecular weight excluding hydrogens is 234 g/mol. The van der Waals surface area contributed by atoms with Crippen LogP contribution < -0.4 is 5.32 Å². The van der Waals surface area contributed by atoms with Crippen molar-refractivity contribution < 1.29 is 4.74 Å². The number of nitrogens with one attached hydrogen (secondary N) is 1. The van der Waals surface area contributed by atoms with E-state index in [1.807, 2.05) is 0 Å². The van der Waals surface area contributed by atoms with Crippen LogP contribution in [0.2, 0.25) is 0 Å². The standard InChI is InChI=1S/C17H27NO/c1-11-8-13(3)17(9-12(11)2)14(4)18-10-16-6-7-19-15(16)5/h8-9,14-16,18H,6-7,10H2,1-5H3. The smallest absolute Gasteiger partial charge is 0.0588 e. The summed E-state index contributed by atoms with van der Waals surface area (Å²) in [4.78, 5) is 0. The van der Waals surface area contributed by atoms with E-state index in [1.54, 1.807) is 0 Å². The van der Waals surface area contributed by atoms with Crippen molar-refractivity contribution in [2.45, 2.75) is 53.2 Å². The Bertz CT molecular complexity index is 441. The topological polar surface area (TPSA) is 21.3 Å². The Labute approximate surface area is 117 Å². The minimum absolute atomic E-state index is 0.403. The molecule has 2 rings (SSSR count). The zero-order valence-electron chi connectivity index (χ0n) is 12.9. The van der Waals surface area contributed by atoms with E-state index in [0.29, 0.717) is 18.1 Å². The molecule has 3 atom stereocenters. The van der Waals surface area contributed by atoms with Gasteiger partial charge in [0.25, 0.3) is 0 Å². The zero-order chi connectivity index (χ0) is 14.0. The Kier molecular flexibility index (Phi) is 4.64. The highest BCUT2D eigenvalue weighted by molar-refractivity contribution is 5.38. The largest absolute Gasteiger partial charge is 0.378 e. The van der Waals surface area contributed by atoms with Crippen LogP contribution in [0, 0.1) is 26.7 Å². The highest BCUT2D eigenvalue weighted by atomic mass is 16.5. The van der Waals surface area contributed by atoms with Crippen LogP contribution in [0.1, 0.15) is 48.6 Å². The third-order valence-corrected chi connectivity index (χ3v) is 4.57. The second-order valence-electron chi connectivity index (χ2n) is 6.05. The maximum absolute atomic E-state index is 5.62. The first-order valence-corrected chi connectivity index (χ1v) is 7.41. The van der Waals surface area contributed by atoms with Crippen LogP contribution in [-0.4, -0.2) is 19.3 Å². The predicted octanol–water partition coefficient (Wildman–Crippen LogP) is 3.69. The highest BCUT2D eigenvalue weighted by Crippen LogP contribution is 2.24. The fourth-order valence-corrected chi connectivity index (χ4v) is 2.93. The first-order chi connectivity index (χ1) is 8.99. The lowest BCUT2D eigenvalue weighted by Crippen LogP contribution is -2.29. The van der Waals surface area contributed by atoms with Gasteiger partial charge in [0.2, 0.25) is 0 Å². The molecule has 1 aliphatic rings. The quantitative estimate of drug-likeness (QED) is 0.892. The van der Waals surface area contributed by atoms with Gasteiger partial charge >= 0.3 is 0 Å². The van der Waals surface area contributed by atoms with Gasteiger partial charge < -0.3 is 10.1 Å². The molecule has 1 heterocycles. The second-order valence-corrected chi connectivity index (χ2v) is 6.05. The van der Waals surface area contributed by atoms with Crippen molar-refractivity contribution in [1.82, 2.24) is 5.32 Å². The van der Waals surface area contributed by atoms with Crippen LogP contribution in [0.5, 0.6) is 0 Å². The summed E-state index contributed by atoms with van der Waals surface area (Å²) in [6.45, 7) is 13.0. The first kappa shape index (κ1) is 14.5. The number of aryl methyl sites for hydroxylation is 3. The van der Waals surface area contributed by atoms with E-state index >= 15 is 0 Å². The number of ether oxygens (including phenoxy) is 1. The number of benzene rings is 1. The van der Waals surface area contributed by atoms with E-state index < -0.39 is 0 Å². The van der Waals surface area contributed by atoms with Gasteiger partial charge in [-0.3, -0.25) is 0 Å². The van der Waals surface area contributed by atoms with E-state index in [1.165, 1.54) is 28.7 Å². The fraction of sp³-hybridized carbons (Fsp3) is 0.647. The molecule has 2 nitrogen and oxygen atoms in total. The lowest BCUT2D eigenvalue weighted by molar-refractivity contribution is 0.105. The summed E-state index contributed by atoms with van der Waals surface area (Å²) in [5.74, 6) is 0.661. The third kappa shape index (κ3) is 3.37. The van der Waals surface area contributed by atoms with Gasteiger partial charge in [-0.15, -0.1) is 0 Å². The van der Waals surface area contributed by atoms with Crippen molar-refractivity contribution in [3.8, 4) is 0 Å². The van der Waals surface area contributed by atoms with Crippen molar-refractivity contribution in [3.63, 3.8) is 0 Å². The molecular formula is C17H27NO. The van der Waals surface area contributed by atoms with Crippen molar-refractivity contribution >= 4 is 0 Å². The molecule has 1 fully saturated rings. The van der Waals surface area contributed by atoms with Crippen molar-refractivity contribution in [2.24, 2.45) is 5.92 Å². The van der Waals surface area contributed by atoms with Crippen LogP contribution in [0.4, 0.5) is 0 Å². The minimum Gasteiger partial charge on any atom is -0.378 e. The summed E-state index contributed by atoms with van der Waals surface area (Å²) >= 11 is 0. The lowest BCUT2D eigenvalue weighted by atomic mass is 9.95. The molecule has 0 amide bonds. The maximum Gasteiger partial charge on any atom is 0.0588 e. The summed E-state index contributed by atoms with van der Waals surface area (Å²) in [5.41, 5.74) is 5.58. The van der Waals surface area contributed by atoms with E-state index in [0.717, 1.165) is 13.2 Å². The Morgan fingerprint density at radius 1 is 1.21 bits per heavy atom. The Balaban J connectivity index is 1.99. The normalized spacial score (nSPS) is 24.7. The molecule has 0 aromatic heterocycles. The van der Waals surface area contributed by atoms with Crippen LogP contribution in [0.25, 0.3) is 0 Å². The molecule has 1 N–H and O–H groups in total. The molecule has 1 saturated heterocycles. The molecule has 1 aromatic carbocycles. The maximum atomic E-state index is 5.62. The molecule has 0 bridgehead atoms. The van der Waals surface area contributed by atoms with Crippen molar-refractivity contribution in [3.05, 3.63) is 34.4 Å². The number of rotatable bonds is 4. The molecule has 0 aliphatic carbocycles. The van der Waals surface area contributed by atoms with Crippen LogP contribution >= 0.6 is 0 Å². The molecule has 19 heavy (non-hydrogen) atoms. The van der Waals surface area contributed by atoms with Crippen molar-refractivity contribution in [1.29, 1.82) is 0 Å². The molecule has 0 radical (unpaired) electrons. The summed E-state index contributed by atoms with van der Waals surface area (Å²) in [7, 11) is 0. The highest BCUT2D eigenvalue weighted by Gasteiger charge is 2.24. The Hall–Kier alpha value is -0.860. The Morgan fingerprint density at radius 2 is 1.89 bits per heavy atom. The summed E-state index contributed by atoms with van der Waals surface area (Å²) in [6.07, 6.45) is 1.59. The summed E-state index contributed by atoms with van der Waals surface area (Å²) in [5, 5.41) is 3.68. The van der Waals surface area contributed by atoms with E-state index in [9.17, 15) is 0 Å². The molecule has 0 saturated carbocycles. The lowest BCUT2D eigenvalue weighted by Gasteiger charge is -2.21. The molecule has 3 unspecified atom stereocenters. The van der Waals surface area contributed by atoms with Gasteiger partial charge in [0.1, 0.15) is 0 Å². The van der Waals surface area contributed by atoms with E-state index in [-0.39, 0.29) is 0 Å². The molecule has 106 valence electrons. The summed E-state index contributed by atoms with van der Waals surface area (Å²) in [6, 6.07) is 5.04. The summed E-state index contributed by atoms with van der Waals surface area (Å²) < 4.78 is 5.62. The van der Waals surface area contributed by atoms with Gasteiger partial charge in [-0.2, -0.15) is 0 Å². The van der Waals surface area contributed by atoms with Gasteiger partial charge in [-0.1, -0.05) is 12.1 Å². The van der Waals surface area contributed by atoms with Crippen LogP contribution in [-0.2, 0) is 4.74 Å². The van der Waals surface area contributed by atoms with Gasteiger partial charge in [0, 0.05) is 19.2 Å². The third-order valence-electron chi connectivity index (χ3n) is 4.57. The van der Waals surface area contributed by atoms with Crippen LogP contribution in [0.15, 0.2) is 12.1 Å². The Morgan fingerprint density at radius 3 is 2.53 bits per heavy atom. The molecule has 0 spiro atoms. The predicted molar refractivity (Wildman–Crippen MR) is 80.6 cm³/mol. The monoisotopic (exact) mass is 261 g/mol. The molecule has 1 aromatic rings. The molecule has 2 heteroatoms. The second kappa shape index (κ2) is 6.06. The zero-order valence-corrected chi connectivity index (χ0v) is 12.9. The van der Waals surface area contributed by atoms with Gasteiger partial charge in [-0.25, -0.2) is 0 Å². The van der Waals surface area contributed by atoms with Gasteiger partial charge in [0.05, 0.1) is 6.10 Å². The average Bonchev–Trinajstić information content (AvgIpc) is 2.76. The number of hydrogen-bond acceptors (Lipinski definition) is 2. The van der Waals surface area contributed by atoms with Gasteiger partial charge in [0.15, 0.2) is 0 Å². The van der Waals surface area contributed by atoms with Crippen molar-refractivity contribution in [2.75, 3.05) is 13.2 Å². The first-order valence-electron chi connectivity index (χ1n) is 7.41. The van der Waals surface area contributed by atoms with E-state index in [2.05, 4.69) is 52.1 Å². The average molecular weight is 261 g/mol. The SMILES string of the molecule is Cc1cc(C)c(C(C)NCC2CCOC2C)cc1C. The van der Waals surface area contributed by atoms with Crippen LogP contribution in [0.3, 0.4) is 0 Å². The van der Waals surface area contributed by atoms with Gasteiger partial charge in [-0.05, 0) is 69.2 Å². The fourth-order valence-electron chi connectivity index (χ4n) is 2.93. The number of hydrogen-bond donors (Lipinski definition) is 1. The molecule has 1 aliphatic heterocycles. The van der Waals surface area contributed by atoms with E-state index in [4.69, 9.17) is 4.74 Å².